The van der Waals surface area contributed by atoms with Crippen molar-refractivity contribution in [3.05, 3.63) is 71.9 Å². The van der Waals surface area contributed by atoms with Gasteiger partial charge in [0.25, 0.3) is 0 Å². The fourth-order valence-electron chi connectivity index (χ4n) is 4.16. The number of nitrogens with two attached hydrogens (primary N) is 1. The average Bonchev–Trinajstić information content (AvgIpc) is 3.33. The van der Waals surface area contributed by atoms with Crippen LogP contribution in [0.15, 0.2) is 60.8 Å². The molecule has 0 bridgehead atoms. The molecule has 0 aliphatic carbocycles. The van der Waals surface area contributed by atoms with Gasteiger partial charge in [-0.1, -0.05) is 48.5 Å². The summed E-state index contributed by atoms with van der Waals surface area (Å²) in [6.07, 6.45) is 1.03. The first-order chi connectivity index (χ1) is 19.0. The van der Waals surface area contributed by atoms with Crippen molar-refractivity contribution < 1.29 is 34.2 Å². The zero-order chi connectivity index (χ0) is 29.2. The van der Waals surface area contributed by atoms with Crippen molar-refractivity contribution in [1.29, 1.82) is 0 Å². The minimum Gasteiger partial charge on any atom is -0.481 e. The smallest absolute Gasteiger partial charge is 0.326 e. The van der Waals surface area contributed by atoms with E-state index in [1.165, 1.54) is 6.92 Å². The number of fused-ring (bicyclic) bond motifs is 1. The first-order valence-electron chi connectivity index (χ1n) is 12.8. The fourth-order valence-corrected chi connectivity index (χ4v) is 4.16. The van der Waals surface area contributed by atoms with Gasteiger partial charge in [0.1, 0.15) is 18.1 Å². The Morgan fingerprint density at radius 2 is 1.38 bits per heavy atom. The van der Waals surface area contributed by atoms with Gasteiger partial charge in [-0.2, -0.15) is 0 Å². The summed E-state index contributed by atoms with van der Waals surface area (Å²) < 4.78 is 0. The number of carbonyl (C=O) groups is 5. The highest BCUT2D eigenvalue weighted by molar-refractivity contribution is 5.95. The maximum atomic E-state index is 13.6. The van der Waals surface area contributed by atoms with Gasteiger partial charge in [-0.3, -0.25) is 19.2 Å². The summed E-state index contributed by atoms with van der Waals surface area (Å²) in [5.74, 6) is -4.66. The van der Waals surface area contributed by atoms with Gasteiger partial charge in [-0.05, 0) is 30.5 Å². The predicted molar refractivity (Wildman–Crippen MR) is 146 cm³/mol. The van der Waals surface area contributed by atoms with Crippen molar-refractivity contribution in [3.8, 4) is 0 Å². The van der Waals surface area contributed by atoms with E-state index in [4.69, 9.17) is 10.8 Å². The highest BCUT2D eigenvalue weighted by Gasteiger charge is 2.31. The van der Waals surface area contributed by atoms with Crippen LogP contribution in [0.25, 0.3) is 10.9 Å². The van der Waals surface area contributed by atoms with Crippen LogP contribution >= 0.6 is 0 Å². The van der Waals surface area contributed by atoms with E-state index >= 15 is 0 Å². The molecule has 3 rings (SSSR count). The third kappa shape index (κ3) is 8.40. The van der Waals surface area contributed by atoms with Crippen LogP contribution < -0.4 is 21.7 Å². The van der Waals surface area contributed by atoms with E-state index in [-0.39, 0.29) is 19.3 Å². The molecule has 212 valence electrons. The molecule has 1 heterocycles. The standard InChI is InChI=1S/C28H33N5O7/c1-16(29)25(36)32-23(14-18-15-30-20-10-6-5-9-19(18)20)27(38)33-22(13-17-7-3-2-4-8-17)26(37)31-21(28(39)40)11-12-24(34)35/h2-10,15-16,21-23,30H,11-14,29H2,1H3,(H,31,37)(H,32,36)(H,33,38)(H,34,35)(H,39,40). The first-order valence-corrected chi connectivity index (χ1v) is 12.8. The summed E-state index contributed by atoms with van der Waals surface area (Å²) in [5, 5.41) is 26.9. The van der Waals surface area contributed by atoms with E-state index in [1.54, 1.807) is 36.5 Å². The summed E-state index contributed by atoms with van der Waals surface area (Å²) in [6.45, 7) is 1.48. The lowest BCUT2D eigenvalue weighted by molar-refractivity contribution is -0.143. The third-order valence-corrected chi connectivity index (χ3v) is 6.32. The van der Waals surface area contributed by atoms with Crippen LogP contribution in [0.5, 0.6) is 0 Å². The zero-order valence-corrected chi connectivity index (χ0v) is 21.9. The Hall–Kier alpha value is -4.71. The molecular formula is C28H33N5O7. The number of carboxylic acid groups (broad SMARTS) is 2. The Morgan fingerprint density at radius 1 is 0.800 bits per heavy atom. The molecule has 0 saturated carbocycles. The molecule has 40 heavy (non-hydrogen) atoms. The summed E-state index contributed by atoms with van der Waals surface area (Å²) in [4.78, 5) is 65.0. The summed E-state index contributed by atoms with van der Waals surface area (Å²) >= 11 is 0. The molecule has 8 N–H and O–H groups in total. The molecule has 12 nitrogen and oxygen atoms in total. The van der Waals surface area contributed by atoms with Gasteiger partial charge in [0.05, 0.1) is 6.04 Å². The van der Waals surface area contributed by atoms with Crippen molar-refractivity contribution in [1.82, 2.24) is 20.9 Å². The van der Waals surface area contributed by atoms with E-state index < -0.39 is 60.2 Å². The number of aromatic nitrogens is 1. The number of amides is 3. The molecule has 0 saturated heterocycles. The van der Waals surface area contributed by atoms with Crippen molar-refractivity contribution in [2.24, 2.45) is 5.73 Å². The van der Waals surface area contributed by atoms with Crippen LogP contribution in [-0.4, -0.2) is 69.0 Å². The molecule has 0 spiro atoms. The van der Waals surface area contributed by atoms with Crippen molar-refractivity contribution in [2.45, 2.75) is 56.8 Å². The number of para-hydroxylation sites is 1. The number of nitrogens with one attached hydrogen (secondary N) is 4. The lowest BCUT2D eigenvalue weighted by Gasteiger charge is -2.25. The maximum absolute atomic E-state index is 13.6. The number of hydrogen-bond donors (Lipinski definition) is 7. The summed E-state index contributed by atoms with van der Waals surface area (Å²) in [5.41, 5.74) is 8.01. The third-order valence-electron chi connectivity index (χ3n) is 6.32. The van der Waals surface area contributed by atoms with E-state index in [2.05, 4.69) is 20.9 Å². The molecular weight excluding hydrogens is 518 g/mol. The summed E-state index contributed by atoms with van der Waals surface area (Å²) in [7, 11) is 0. The lowest BCUT2D eigenvalue weighted by Crippen LogP contribution is -2.58. The number of carboxylic acids is 2. The number of rotatable bonds is 14. The number of carbonyl (C=O) groups excluding carboxylic acids is 3. The Labute approximate surface area is 230 Å². The number of hydrogen-bond acceptors (Lipinski definition) is 6. The lowest BCUT2D eigenvalue weighted by atomic mass is 10.0. The highest BCUT2D eigenvalue weighted by Crippen LogP contribution is 2.19. The van der Waals surface area contributed by atoms with Crippen molar-refractivity contribution in [3.63, 3.8) is 0 Å². The van der Waals surface area contributed by atoms with Crippen LogP contribution in [0.4, 0.5) is 0 Å². The van der Waals surface area contributed by atoms with Crippen LogP contribution in [0, 0.1) is 0 Å². The second-order valence-electron chi connectivity index (χ2n) is 9.50. The SMILES string of the molecule is CC(N)C(=O)NC(Cc1c[nH]c2ccccc12)C(=O)NC(Cc1ccccc1)C(=O)NC(CCC(=O)O)C(=O)O. The Balaban J connectivity index is 1.86. The van der Waals surface area contributed by atoms with Gasteiger partial charge in [0, 0.05) is 36.4 Å². The number of H-pyrrole nitrogens is 1. The van der Waals surface area contributed by atoms with Crippen LogP contribution in [-0.2, 0) is 36.8 Å². The van der Waals surface area contributed by atoms with E-state index in [0.29, 0.717) is 5.56 Å². The molecule has 2 aromatic carbocycles. The second kappa shape index (κ2) is 13.9. The monoisotopic (exact) mass is 551 g/mol. The van der Waals surface area contributed by atoms with Crippen LogP contribution in [0.2, 0.25) is 0 Å². The van der Waals surface area contributed by atoms with Crippen molar-refractivity contribution >= 4 is 40.6 Å². The van der Waals surface area contributed by atoms with Crippen LogP contribution in [0.3, 0.4) is 0 Å². The minimum atomic E-state index is -1.47. The van der Waals surface area contributed by atoms with E-state index in [1.807, 2.05) is 24.3 Å². The van der Waals surface area contributed by atoms with E-state index in [0.717, 1.165) is 16.5 Å². The molecule has 0 aliphatic heterocycles. The van der Waals surface area contributed by atoms with Gasteiger partial charge >= 0.3 is 11.9 Å². The number of aromatic amines is 1. The minimum absolute atomic E-state index is 0.0186. The normalized spacial score (nSPS) is 13.9. The Kier molecular flexibility index (Phi) is 10.4. The molecule has 12 heteroatoms. The molecule has 3 amide bonds. The second-order valence-corrected chi connectivity index (χ2v) is 9.50. The molecule has 4 atom stereocenters. The number of aliphatic carboxylic acids is 2. The topological polar surface area (TPSA) is 204 Å². The Bertz CT molecular complexity index is 1360. The van der Waals surface area contributed by atoms with Crippen molar-refractivity contribution in [2.75, 3.05) is 0 Å². The molecule has 0 aliphatic rings. The molecule has 0 fully saturated rings. The molecule has 4 unspecified atom stereocenters. The highest BCUT2D eigenvalue weighted by atomic mass is 16.4. The molecule has 1 aromatic heterocycles. The van der Waals surface area contributed by atoms with Gasteiger partial charge < -0.3 is 36.9 Å². The average molecular weight is 552 g/mol. The largest absolute Gasteiger partial charge is 0.481 e. The molecule has 0 radical (unpaired) electrons. The van der Waals surface area contributed by atoms with Gasteiger partial charge in [0.15, 0.2) is 0 Å². The maximum Gasteiger partial charge on any atom is 0.326 e. The fraction of sp³-hybridized carbons (Fsp3) is 0.321. The quantitative estimate of drug-likeness (QED) is 0.152. The summed E-state index contributed by atoms with van der Waals surface area (Å²) in [6, 6.07) is 11.5. The Morgan fingerprint density at radius 3 is 2.00 bits per heavy atom. The molecule has 3 aromatic rings. The zero-order valence-electron chi connectivity index (χ0n) is 21.9. The predicted octanol–water partition coefficient (Wildman–Crippen LogP) is 0.704. The van der Waals surface area contributed by atoms with Gasteiger partial charge in [-0.15, -0.1) is 0 Å². The number of benzene rings is 2. The first kappa shape index (κ1) is 29.8. The van der Waals surface area contributed by atoms with E-state index in [9.17, 15) is 29.1 Å². The van der Waals surface area contributed by atoms with Gasteiger partial charge in [-0.25, -0.2) is 4.79 Å². The van der Waals surface area contributed by atoms with Crippen LogP contribution in [0.1, 0.15) is 30.9 Å². The van der Waals surface area contributed by atoms with Gasteiger partial charge in [0.2, 0.25) is 17.7 Å².